The molecule has 1 aromatic rings. The highest BCUT2D eigenvalue weighted by Crippen LogP contribution is 2.14. The number of anilines is 1. The molecule has 0 aromatic carbocycles. The summed E-state index contributed by atoms with van der Waals surface area (Å²) in [5, 5.41) is 6.01. The average molecular weight is 276 g/mol. The molecule has 0 saturated carbocycles. The fraction of sp³-hybridized carbons (Fsp3) is 0.600. The summed E-state index contributed by atoms with van der Waals surface area (Å²) in [5.74, 6) is -0.0525. The van der Waals surface area contributed by atoms with Crippen molar-refractivity contribution in [1.82, 2.24) is 15.2 Å². The normalized spacial score (nSPS) is 15.3. The zero-order valence-electron chi connectivity index (χ0n) is 12.4. The lowest BCUT2D eigenvalue weighted by atomic mass is 10.2. The van der Waals surface area contributed by atoms with E-state index in [-0.39, 0.29) is 5.91 Å². The van der Waals surface area contributed by atoms with Gasteiger partial charge in [-0.2, -0.15) is 0 Å². The molecule has 2 N–H and O–H groups in total. The molecule has 0 spiro atoms. The molecular formula is C15H24N4O. The molecule has 0 atom stereocenters. The molecule has 1 aliphatic rings. The van der Waals surface area contributed by atoms with Crippen molar-refractivity contribution in [3.63, 3.8) is 0 Å². The van der Waals surface area contributed by atoms with E-state index in [0.717, 1.165) is 24.3 Å². The molecule has 5 heteroatoms. The molecule has 0 aliphatic carbocycles. The Labute approximate surface area is 120 Å². The van der Waals surface area contributed by atoms with Crippen molar-refractivity contribution in [2.75, 3.05) is 38.5 Å². The highest BCUT2D eigenvalue weighted by molar-refractivity contribution is 5.99. The number of carbonyl (C=O) groups excluding carboxylic acids is 1. The van der Waals surface area contributed by atoms with Crippen LogP contribution in [0.4, 0.5) is 5.69 Å². The largest absolute Gasteiger partial charge is 0.387 e. The van der Waals surface area contributed by atoms with Crippen LogP contribution in [-0.2, 0) is 0 Å². The maximum atomic E-state index is 12.1. The van der Waals surface area contributed by atoms with Gasteiger partial charge < -0.3 is 15.5 Å². The lowest BCUT2D eigenvalue weighted by Gasteiger charge is -2.14. The second kappa shape index (κ2) is 7.24. The summed E-state index contributed by atoms with van der Waals surface area (Å²) in [6.07, 6.45) is 5.26. The number of nitrogens with zero attached hydrogens (tertiary/aromatic N) is 2. The van der Waals surface area contributed by atoms with Gasteiger partial charge in [0.15, 0.2) is 0 Å². The predicted molar refractivity (Wildman–Crippen MR) is 81.1 cm³/mol. The highest BCUT2D eigenvalue weighted by atomic mass is 16.1. The average Bonchev–Trinajstić information content (AvgIpc) is 2.96. The minimum atomic E-state index is -0.0525. The highest BCUT2D eigenvalue weighted by Gasteiger charge is 2.13. The molecule has 110 valence electrons. The van der Waals surface area contributed by atoms with Crippen molar-refractivity contribution in [1.29, 1.82) is 0 Å². The van der Waals surface area contributed by atoms with E-state index in [1.807, 2.05) is 20.0 Å². The van der Waals surface area contributed by atoms with Crippen LogP contribution >= 0.6 is 0 Å². The van der Waals surface area contributed by atoms with Gasteiger partial charge in [-0.3, -0.25) is 9.78 Å². The maximum Gasteiger partial charge on any atom is 0.254 e. The van der Waals surface area contributed by atoms with Crippen LogP contribution in [0.3, 0.4) is 0 Å². The van der Waals surface area contributed by atoms with Crippen molar-refractivity contribution >= 4 is 11.6 Å². The second-order valence-corrected chi connectivity index (χ2v) is 5.28. The van der Waals surface area contributed by atoms with E-state index in [9.17, 15) is 4.79 Å². The third kappa shape index (κ3) is 3.93. The van der Waals surface area contributed by atoms with E-state index >= 15 is 0 Å². The number of likely N-dealkylation sites (tertiary alicyclic amines) is 1. The van der Waals surface area contributed by atoms with E-state index in [2.05, 4.69) is 20.5 Å². The Balaban J connectivity index is 1.79. The monoisotopic (exact) mass is 276 g/mol. The Morgan fingerprint density at radius 1 is 1.40 bits per heavy atom. The summed E-state index contributed by atoms with van der Waals surface area (Å²) in [4.78, 5) is 18.8. The lowest BCUT2D eigenvalue weighted by Crippen LogP contribution is -2.29. The van der Waals surface area contributed by atoms with Gasteiger partial charge in [-0.05, 0) is 51.9 Å². The van der Waals surface area contributed by atoms with E-state index in [4.69, 9.17) is 0 Å². The lowest BCUT2D eigenvalue weighted by molar-refractivity contribution is 0.0952. The molecule has 20 heavy (non-hydrogen) atoms. The van der Waals surface area contributed by atoms with Crippen LogP contribution in [0.2, 0.25) is 0 Å². The third-order valence-corrected chi connectivity index (χ3v) is 3.69. The molecule has 5 nitrogen and oxygen atoms in total. The summed E-state index contributed by atoms with van der Waals surface area (Å²) < 4.78 is 0. The fourth-order valence-electron chi connectivity index (χ4n) is 2.55. The van der Waals surface area contributed by atoms with E-state index in [1.54, 1.807) is 6.20 Å². The van der Waals surface area contributed by atoms with Crippen LogP contribution in [0.15, 0.2) is 12.3 Å². The third-order valence-electron chi connectivity index (χ3n) is 3.69. The number of nitrogens with one attached hydrogen (secondary N) is 2. The van der Waals surface area contributed by atoms with Gasteiger partial charge in [-0.15, -0.1) is 0 Å². The first-order valence-electron chi connectivity index (χ1n) is 7.35. The molecule has 0 bridgehead atoms. The summed E-state index contributed by atoms with van der Waals surface area (Å²) in [6.45, 7) is 6.12. The molecule has 2 heterocycles. The van der Waals surface area contributed by atoms with Crippen molar-refractivity contribution in [2.45, 2.75) is 26.2 Å². The number of hydrogen-bond acceptors (Lipinski definition) is 4. The van der Waals surface area contributed by atoms with Crippen molar-refractivity contribution in [3.05, 3.63) is 23.5 Å². The fourth-order valence-corrected chi connectivity index (χ4v) is 2.55. The van der Waals surface area contributed by atoms with Crippen molar-refractivity contribution in [2.24, 2.45) is 0 Å². The molecule has 0 unspecified atom stereocenters. The minimum absolute atomic E-state index is 0.0525. The number of aromatic nitrogens is 1. The number of hydrogen-bond donors (Lipinski definition) is 2. The van der Waals surface area contributed by atoms with Crippen molar-refractivity contribution in [3.8, 4) is 0 Å². The van der Waals surface area contributed by atoms with Crippen LogP contribution in [0.5, 0.6) is 0 Å². The van der Waals surface area contributed by atoms with Crippen LogP contribution in [-0.4, -0.2) is 49.0 Å². The van der Waals surface area contributed by atoms with Gasteiger partial charge in [0.2, 0.25) is 0 Å². The molecular weight excluding hydrogens is 252 g/mol. The Morgan fingerprint density at radius 2 is 2.15 bits per heavy atom. The SMILES string of the molecule is CNc1cc(C)ncc1C(=O)NCCCN1CCCC1. The molecule has 1 amide bonds. The number of amides is 1. The Hall–Kier alpha value is -1.62. The number of pyridine rings is 1. The van der Waals surface area contributed by atoms with Gasteiger partial charge >= 0.3 is 0 Å². The van der Waals surface area contributed by atoms with E-state index in [0.29, 0.717) is 12.1 Å². The summed E-state index contributed by atoms with van der Waals surface area (Å²) in [5.41, 5.74) is 2.34. The maximum absolute atomic E-state index is 12.1. The first-order chi connectivity index (χ1) is 9.70. The standard InChI is InChI=1S/C15H24N4O/c1-12-10-14(16-2)13(11-18-12)15(20)17-6-5-9-19-7-3-4-8-19/h10-11H,3-9H2,1-2H3,(H,16,18)(H,17,20). The van der Waals surface area contributed by atoms with E-state index < -0.39 is 0 Å². The molecule has 1 saturated heterocycles. The van der Waals surface area contributed by atoms with Crippen LogP contribution in [0.25, 0.3) is 0 Å². The Morgan fingerprint density at radius 3 is 2.85 bits per heavy atom. The summed E-state index contributed by atoms with van der Waals surface area (Å²) in [7, 11) is 1.82. The Kier molecular flexibility index (Phi) is 5.35. The first-order valence-corrected chi connectivity index (χ1v) is 7.35. The van der Waals surface area contributed by atoms with Gasteiger partial charge in [0.1, 0.15) is 0 Å². The molecule has 1 fully saturated rings. The number of rotatable bonds is 6. The van der Waals surface area contributed by atoms with Crippen LogP contribution in [0, 0.1) is 6.92 Å². The quantitative estimate of drug-likeness (QED) is 0.776. The van der Waals surface area contributed by atoms with Crippen LogP contribution in [0.1, 0.15) is 35.3 Å². The van der Waals surface area contributed by atoms with Gasteiger partial charge in [0.25, 0.3) is 5.91 Å². The summed E-state index contributed by atoms with van der Waals surface area (Å²) >= 11 is 0. The Bertz CT molecular complexity index is 455. The topological polar surface area (TPSA) is 57.3 Å². The molecule has 1 aliphatic heterocycles. The van der Waals surface area contributed by atoms with Gasteiger partial charge in [-0.25, -0.2) is 0 Å². The molecule has 0 radical (unpaired) electrons. The minimum Gasteiger partial charge on any atom is -0.387 e. The smallest absolute Gasteiger partial charge is 0.254 e. The van der Waals surface area contributed by atoms with E-state index in [1.165, 1.54) is 25.9 Å². The first kappa shape index (κ1) is 14.8. The van der Waals surface area contributed by atoms with Gasteiger partial charge in [0.05, 0.1) is 11.3 Å². The predicted octanol–water partition coefficient (Wildman–Crippen LogP) is 1.65. The van der Waals surface area contributed by atoms with Crippen molar-refractivity contribution < 1.29 is 4.79 Å². The zero-order valence-corrected chi connectivity index (χ0v) is 12.4. The van der Waals surface area contributed by atoms with Crippen LogP contribution < -0.4 is 10.6 Å². The zero-order chi connectivity index (χ0) is 14.4. The molecule has 1 aromatic heterocycles. The van der Waals surface area contributed by atoms with Gasteiger partial charge in [-0.1, -0.05) is 0 Å². The number of aryl methyl sites for hydroxylation is 1. The second-order valence-electron chi connectivity index (χ2n) is 5.28. The molecule has 2 rings (SSSR count). The van der Waals surface area contributed by atoms with Gasteiger partial charge in [0, 0.05) is 25.5 Å². The number of carbonyl (C=O) groups is 1. The summed E-state index contributed by atoms with van der Waals surface area (Å²) in [6, 6.07) is 1.89.